The summed E-state index contributed by atoms with van der Waals surface area (Å²) >= 11 is 5.64. The van der Waals surface area contributed by atoms with Crippen molar-refractivity contribution in [3.05, 3.63) is 40.8 Å². The Balaban J connectivity index is 1.12. The molecule has 3 aliphatic carbocycles. The molecule has 2 atom stereocenters. The number of likely N-dealkylation sites (tertiary alicyclic amines) is 1. The van der Waals surface area contributed by atoms with Crippen molar-refractivity contribution in [3.8, 4) is 5.75 Å². The predicted molar refractivity (Wildman–Crippen MR) is 112 cm³/mol. The second-order valence-corrected chi connectivity index (χ2v) is 9.93. The summed E-state index contributed by atoms with van der Waals surface area (Å²) in [6.07, 6.45) is -2.07. The number of hydrogen-bond donors (Lipinski definition) is 1. The largest absolute Gasteiger partial charge is 0.484 e. The van der Waals surface area contributed by atoms with Gasteiger partial charge in [-0.05, 0) is 44.2 Å². The van der Waals surface area contributed by atoms with Gasteiger partial charge in [0.1, 0.15) is 17.6 Å². The highest BCUT2D eigenvalue weighted by Crippen LogP contribution is 2.59. The zero-order valence-corrected chi connectivity index (χ0v) is 19.0. The molecule has 6 rings (SSSR count). The van der Waals surface area contributed by atoms with E-state index in [1.165, 1.54) is 17.0 Å². The third kappa shape index (κ3) is 4.35. The van der Waals surface area contributed by atoms with Gasteiger partial charge in [0.05, 0.1) is 10.9 Å². The number of halogens is 5. The van der Waals surface area contributed by atoms with Crippen LogP contribution in [-0.4, -0.2) is 58.5 Å². The van der Waals surface area contributed by atoms with Gasteiger partial charge in [-0.1, -0.05) is 11.6 Å². The molecule has 2 aromatic rings. The van der Waals surface area contributed by atoms with Crippen LogP contribution in [0.3, 0.4) is 0 Å². The number of alkyl halides is 3. The molecule has 12 heteroatoms. The maximum absolute atomic E-state index is 13.5. The average Bonchev–Trinajstić information content (AvgIpc) is 3.40. The fourth-order valence-electron chi connectivity index (χ4n) is 5.23. The third-order valence-corrected chi connectivity index (χ3v) is 7.51. The number of benzene rings is 1. The fourth-order valence-corrected chi connectivity index (χ4v) is 5.34. The number of hydrogen-bond acceptors (Lipinski definition) is 6. The maximum atomic E-state index is 13.5. The molecule has 0 spiro atoms. The molecule has 1 aliphatic heterocycles. The van der Waals surface area contributed by atoms with Gasteiger partial charge in [0.2, 0.25) is 11.8 Å². The zero-order chi connectivity index (χ0) is 24.3. The molecule has 4 aliphatic rings. The Morgan fingerprint density at radius 1 is 1.29 bits per heavy atom. The quantitative estimate of drug-likeness (QED) is 0.576. The molecular formula is C22H23ClF4N4O3. The van der Waals surface area contributed by atoms with Crippen LogP contribution in [0.4, 0.5) is 17.6 Å². The average molecular weight is 503 g/mol. The van der Waals surface area contributed by atoms with Gasteiger partial charge < -0.3 is 14.5 Å². The van der Waals surface area contributed by atoms with Crippen molar-refractivity contribution >= 4 is 17.5 Å². The number of rotatable bonds is 7. The van der Waals surface area contributed by atoms with E-state index in [1.54, 1.807) is 0 Å². The molecule has 1 saturated heterocycles. The first kappa shape index (κ1) is 23.3. The lowest BCUT2D eigenvalue weighted by Gasteiger charge is -2.41. The van der Waals surface area contributed by atoms with Gasteiger partial charge in [0.25, 0.3) is 5.91 Å². The zero-order valence-electron chi connectivity index (χ0n) is 18.2. The van der Waals surface area contributed by atoms with Crippen molar-refractivity contribution in [1.29, 1.82) is 0 Å². The Bertz CT molecular complexity index is 1080. The van der Waals surface area contributed by atoms with E-state index in [2.05, 4.69) is 15.5 Å². The van der Waals surface area contributed by atoms with Gasteiger partial charge >= 0.3 is 6.18 Å². The smallest absolute Gasteiger partial charge is 0.403 e. The lowest BCUT2D eigenvalue weighted by molar-refractivity contribution is -0.190. The van der Waals surface area contributed by atoms with Gasteiger partial charge in [-0.25, -0.2) is 4.39 Å². The van der Waals surface area contributed by atoms with E-state index in [-0.39, 0.29) is 53.8 Å². The first-order chi connectivity index (χ1) is 16.0. The van der Waals surface area contributed by atoms with E-state index >= 15 is 0 Å². The Hall–Kier alpha value is -2.40. The fraction of sp³-hybridized carbons (Fsp3) is 0.591. The van der Waals surface area contributed by atoms with Crippen LogP contribution >= 0.6 is 11.6 Å². The lowest BCUT2D eigenvalue weighted by atomic mass is 9.76. The minimum atomic E-state index is -4.26. The summed E-state index contributed by atoms with van der Waals surface area (Å²) in [4.78, 5) is 13.7. The van der Waals surface area contributed by atoms with Crippen LogP contribution in [0.5, 0.6) is 5.75 Å². The normalized spacial score (nSPS) is 27.7. The Labute approximate surface area is 197 Å². The van der Waals surface area contributed by atoms with Crippen LogP contribution in [-0.2, 0) is 4.79 Å². The third-order valence-electron chi connectivity index (χ3n) is 7.21. The number of nitrogens with zero attached hydrogens (tertiary/aromatic N) is 3. The van der Waals surface area contributed by atoms with Crippen LogP contribution in [0.25, 0.3) is 0 Å². The predicted octanol–water partition coefficient (Wildman–Crippen LogP) is 4.04. The Morgan fingerprint density at radius 3 is 2.68 bits per heavy atom. The number of amides is 1. The van der Waals surface area contributed by atoms with Crippen LogP contribution in [0.1, 0.15) is 49.8 Å². The van der Waals surface area contributed by atoms with Crippen LogP contribution < -0.4 is 10.1 Å². The van der Waals surface area contributed by atoms with Gasteiger partial charge in [0, 0.05) is 30.6 Å². The van der Waals surface area contributed by atoms with Crippen molar-refractivity contribution < 1.29 is 31.5 Å². The minimum absolute atomic E-state index is 0.00175. The van der Waals surface area contributed by atoms with Crippen LogP contribution in [0.2, 0.25) is 5.02 Å². The molecule has 0 unspecified atom stereocenters. The Morgan fingerprint density at radius 2 is 2.00 bits per heavy atom. The number of nitrogens with one attached hydrogen (secondary N) is 1. The van der Waals surface area contributed by atoms with Crippen LogP contribution in [0.15, 0.2) is 22.6 Å². The van der Waals surface area contributed by atoms with Gasteiger partial charge in [-0.3, -0.25) is 9.69 Å². The highest BCUT2D eigenvalue weighted by Gasteiger charge is 2.58. The molecule has 1 aromatic carbocycles. The molecule has 184 valence electrons. The number of carbonyl (C=O) groups is 1. The molecule has 0 radical (unpaired) electrons. The van der Waals surface area contributed by atoms with Crippen molar-refractivity contribution in [2.45, 2.75) is 55.8 Å². The molecule has 2 bridgehead atoms. The number of carbonyl (C=O) groups excluding carboxylic acids is 1. The summed E-state index contributed by atoms with van der Waals surface area (Å²) in [5.41, 5.74) is -0.370. The van der Waals surface area contributed by atoms with Crippen molar-refractivity contribution in [1.82, 2.24) is 20.4 Å². The van der Waals surface area contributed by atoms with Crippen molar-refractivity contribution in [2.24, 2.45) is 5.92 Å². The topological polar surface area (TPSA) is 80.5 Å². The molecule has 34 heavy (non-hydrogen) atoms. The summed E-state index contributed by atoms with van der Waals surface area (Å²) in [5, 5.41) is 11.2. The molecule has 1 N–H and O–H groups in total. The number of aromatic nitrogens is 2. The van der Waals surface area contributed by atoms with E-state index in [0.717, 1.165) is 25.8 Å². The van der Waals surface area contributed by atoms with Gasteiger partial charge in [-0.2, -0.15) is 13.2 Å². The number of fused-ring (bicyclic) bond motifs is 1. The molecule has 7 nitrogen and oxygen atoms in total. The lowest BCUT2D eigenvalue weighted by Crippen LogP contribution is -2.54. The molecule has 2 heterocycles. The highest BCUT2D eigenvalue weighted by molar-refractivity contribution is 6.30. The second-order valence-electron chi connectivity index (χ2n) is 9.52. The maximum Gasteiger partial charge on any atom is 0.403 e. The van der Waals surface area contributed by atoms with E-state index in [0.29, 0.717) is 24.1 Å². The minimum Gasteiger partial charge on any atom is -0.484 e. The monoisotopic (exact) mass is 502 g/mol. The molecule has 4 fully saturated rings. The van der Waals surface area contributed by atoms with Gasteiger partial charge in [0.15, 0.2) is 6.61 Å². The van der Waals surface area contributed by atoms with Crippen molar-refractivity contribution in [2.75, 3.05) is 19.7 Å². The van der Waals surface area contributed by atoms with E-state index in [9.17, 15) is 22.4 Å². The molecule has 1 amide bonds. The van der Waals surface area contributed by atoms with E-state index in [1.807, 2.05) is 0 Å². The first-order valence-corrected chi connectivity index (χ1v) is 11.4. The van der Waals surface area contributed by atoms with Crippen molar-refractivity contribution in [3.63, 3.8) is 0 Å². The highest BCUT2D eigenvalue weighted by atomic mass is 35.5. The molecule has 3 saturated carbocycles. The summed E-state index contributed by atoms with van der Waals surface area (Å²) in [6, 6.07) is 2.47. The van der Waals surface area contributed by atoms with E-state index < -0.39 is 18.0 Å². The Kier molecular flexibility index (Phi) is 5.75. The molecule has 1 aromatic heterocycles. The standard InChI is InChI=1S/C22H23ClF4N4O3/c1-11(22(25,26)27)31-8-13(9-31)19-29-30-20(34-19)15-7-21(5-12(15)6-21)28-18(32)10-33-14-2-3-16(23)17(24)4-14/h2-4,11-13,15H,5-10H2,1H3,(H,28,32)/t11-,12?,15-,21?/m0/s1. The van der Waals surface area contributed by atoms with Crippen LogP contribution in [0, 0.1) is 11.7 Å². The summed E-state index contributed by atoms with van der Waals surface area (Å²) < 4.78 is 63.2. The summed E-state index contributed by atoms with van der Waals surface area (Å²) in [6.45, 7) is 1.35. The molecular weight excluding hydrogens is 480 g/mol. The van der Waals surface area contributed by atoms with Gasteiger partial charge in [-0.15, -0.1) is 10.2 Å². The SMILES string of the molecule is C[C@H](N1CC(c2nnc([C@H]3CC4(NC(=O)COc5ccc(Cl)c(F)c5)CC3C4)o2)C1)C(F)(F)F. The first-order valence-electron chi connectivity index (χ1n) is 11.1. The van der Waals surface area contributed by atoms with E-state index in [4.69, 9.17) is 20.8 Å². The summed E-state index contributed by atoms with van der Waals surface area (Å²) in [7, 11) is 0. The second kappa shape index (κ2) is 8.37. The number of ether oxygens (including phenoxy) is 1. The summed E-state index contributed by atoms with van der Waals surface area (Å²) in [5.74, 6) is 0.210.